The van der Waals surface area contributed by atoms with Crippen molar-refractivity contribution in [3.05, 3.63) is 0 Å². The second-order valence-corrected chi connectivity index (χ2v) is 13.5. The van der Waals surface area contributed by atoms with E-state index < -0.39 is 17.6 Å². The summed E-state index contributed by atoms with van der Waals surface area (Å²) in [5.74, 6) is 0. The summed E-state index contributed by atoms with van der Waals surface area (Å²) >= 11 is 0. The second kappa shape index (κ2) is 11.0. The summed E-state index contributed by atoms with van der Waals surface area (Å²) in [6.45, 7) is 22.3. The lowest BCUT2D eigenvalue weighted by Gasteiger charge is -2.42. The Labute approximate surface area is 147 Å². The van der Waals surface area contributed by atoms with Crippen LogP contribution in [-0.2, 0) is 13.3 Å². The van der Waals surface area contributed by atoms with Crippen LogP contribution >= 0.6 is 0 Å². The zero-order valence-corrected chi connectivity index (χ0v) is 19.2. The fourth-order valence-electron chi connectivity index (χ4n) is 2.33. The number of unbranched alkanes of at least 4 members (excludes halogenated alkanes) is 1. The molecule has 1 atom stereocenters. The zero-order chi connectivity index (χ0) is 18.1. The van der Waals surface area contributed by atoms with E-state index in [2.05, 4.69) is 52.6 Å². The molecule has 0 spiro atoms. The highest BCUT2D eigenvalue weighted by atomic mass is 28.4. The molecule has 0 N–H and O–H groups in total. The van der Waals surface area contributed by atoms with E-state index in [0.717, 1.165) is 12.7 Å². The van der Waals surface area contributed by atoms with E-state index in [-0.39, 0.29) is 11.3 Å². The number of rotatable bonds is 12. The SMILES string of the molecule is CCCCN(C[Si](OCC)(OCC)OC(C)[SiH](C)C)C(C)(C)C. The molecule has 0 aromatic carbocycles. The number of hydrogen-bond donors (Lipinski definition) is 0. The Morgan fingerprint density at radius 3 is 1.91 bits per heavy atom. The molecular weight excluding hydrogens is 322 g/mol. The Morgan fingerprint density at radius 2 is 1.57 bits per heavy atom. The molecule has 140 valence electrons. The lowest BCUT2D eigenvalue weighted by molar-refractivity contribution is 0.0311. The van der Waals surface area contributed by atoms with Crippen molar-refractivity contribution in [3.63, 3.8) is 0 Å². The summed E-state index contributed by atoms with van der Waals surface area (Å²) in [5, 5.41) is 0. The molecule has 0 aromatic heterocycles. The van der Waals surface area contributed by atoms with Gasteiger partial charge < -0.3 is 13.3 Å². The van der Waals surface area contributed by atoms with E-state index in [0.29, 0.717) is 13.2 Å². The van der Waals surface area contributed by atoms with Gasteiger partial charge in [-0.25, -0.2) is 0 Å². The van der Waals surface area contributed by atoms with Gasteiger partial charge in [0, 0.05) is 24.5 Å². The van der Waals surface area contributed by atoms with Crippen molar-refractivity contribution in [1.82, 2.24) is 4.90 Å². The molecule has 0 aliphatic rings. The molecule has 4 nitrogen and oxygen atoms in total. The number of hydrogen-bond acceptors (Lipinski definition) is 4. The third-order valence-electron chi connectivity index (χ3n) is 4.15. The normalized spacial score (nSPS) is 14.7. The van der Waals surface area contributed by atoms with Crippen LogP contribution in [0.2, 0.25) is 13.1 Å². The topological polar surface area (TPSA) is 30.9 Å². The van der Waals surface area contributed by atoms with Gasteiger partial charge in [0.15, 0.2) is 0 Å². The van der Waals surface area contributed by atoms with Crippen LogP contribution in [-0.4, -0.2) is 59.7 Å². The van der Waals surface area contributed by atoms with Crippen LogP contribution in [0.15, 0.2) is 0 Å². The average Bonchev–Trinajstić information content (AvgIpc) is 2.42. The molecule has 0 fully saturated rings. The van der Waals surface area contributed by atoms with Gasteiger partial charge in [0.25, 0.3) is 0 Å². The Bertz CT molecular complexity index is 303. The smallest absolute Gasteiger partial charge is 0.374 e. The van der Waals surface area contributed by atoms with Crippen molar-refractivity contribution in [2.45, 2.75) is 85.7 Å². The molecule has 0 aliphatic heterocycles. The Balaban J connectivity index is 5.34. The van der Waals surface area contributed by atoms with Crippen LogP contribution in [0, 0.1) is 0 Å². The van der Waals surface area contributed by atoms with Crippen LogP contribution in [0.1, 0.15) is 61.3 Å². The van der Waals surface area contributed by atoms with Gasteiger partial charge in [-0.3, -0.25) is 4.90 Å². The summed E-state index contributed by atoms with van der Waals surface area (Å²) in [6.07, 6.45) is 3.17. The Morgan fingerprint density at radius 1 is 1.04 bits per heavy atom. The average molecular weight is 364 g/mol. The summed E-state index contributed by atoms with van der Waals surface area (Å²) in [7, 11) is -3.57. The first-order valence-corrected chi connectivity index (χ1v) is 14.2. The van der Waals surface area contributed by atoms with Crippen molar-refractivity contribution < 1.29 is 13.3 Å². The molecule has 1 unspecified atom stereocenters. The molecule has 0 bridgehead atoms. The predicted molar refractivity (Wildman–Crippen MR) is 105 cm³/mol. The number of nitrogens with zero attached hydrogens (tertiary/aromatic N) is 1. The van der Waals surface area contributed by atoms with E-state index in [9.17, 15) is 0 Å². The van der Waals surface area contributed by atoms with Crippen LogP contribution in [0.3, 0.4) is 0 Å². The Kier molecular flexibility index (Phi) is 11.1. The first kappa shape index (κ1) is 23.3. The van der Waals surface area contributed by atoms with E-state index >= 15 is 0 Å². The molecule has 23 heavy (non-hydrogen) atoms. The second-order valence-electron chi connectivity index (χ2n) is 7.56. The van der Waals surface area contributed by atoms with Gasteiger partial charge in [0.2, 0.25) is 0 Å². The summed E-state index contributed by atoms with van der Waals surface area (Å²) < 4.78 is 18.8. The quantitative estimate of drug-likeness (QED) is 0.493. The highest BCUT2D eigenvalue weighted by molar-refractivity contribution is 6.64. The van der Waals surface area contributed by atoms with Crippen molar-refractivity contribution in [1.29, 1.82) is 0 Å². The van der Waals surface area contributed by atoms with Gasteiger partial charge in [0.1, 0.15) is 0 Å². The molecule has 6 heteroatoms. The standard InChI is InChI=1S/C17H41NO3Si2/c1-10-13-14-18(17(5,6)7)15-23(19-11-2,20-12-3)21-16(4)22(8)9/h16,22H,10-15H2,1-9H3. The molecule has 0 rings (SSSR count). The summed E-state index contributed by atoms with van der Waals surface area (Å²) in [6, 6.07) is 0. The van der Waals surface area contributed by atoms with Gasteiger partial charge in [0.05, 0.1) is 15.0 Å². The molecule has 0 saturated carbocycles. The van der Waals surface area contributed by atoms with Crippen molar-refractivity contribution >= 4 is 17.6 Å². The van der Waals surface area contributed by atoms with Crippen molar-refractivity contribution in [2.24, 2.45) is 0 Å². The maximum absolute atomic E-state index is 6.50. The minimum Gasteiger partial charge on any atom is -0.374 e. The van der Waals surface area contributed by atoms with Crippen LogP contribution in [0.25, 0.3) is 0 Å². The van der Waals surface area contributed by atoms with E-state index in [1.54, 1.807) is 0 Å². The largest absolute Gasteiger partial charge is 0.515 e. The van der Waals surface area contributed by atoms with Gasteiger partial charge in [-0.05, 0) is 54.5 Å². The van der Waals surface area contributed by atoms with Crippen molar-refractivity contribution in [3.8, 4) is 0 Å². The fraction of sp³-hybridized carbons (Fsp3) is 1.00. The summed E-state index contributed by atoms with van der Waals surface area (Å²) in [5.41, 5.74) is 0.358. The van der Waals surface area contributed by atoms with E-state index in [1.165, 1.54) is 12.8 Å². The van der Waals surface area contributed by atoms with Crippen LogP contribution in [0.5, 0.6) is 0 Å². The third-order valence-corrected chi connectivity index (χ3v) is 9.39. The molecule has 0 radical (unpaired) electrons. The molecule has 0 aromatic rings. The third kappa shape index (κ3) is 8.79. The van der Waals surface area contributed by atoms with Gasteiger partial charge in [-0.1, -0.05) is 26.4 Å². The van der Waals surface area contributed by atoms with E-state index in [4.69, 9.17) is 13.3 Å². The monoisotopic (exact) mass is 363 g/mol. The van der Waals surface area contributed by atoms with E-state index in [1.807, 2.05) is 13.8 Å². The first-order valence-electron chi connectivity index (χ1n) is 9.32. The zero-order valence-electron chi connectivity index (χ0n) is 17.1. The highest BCUT2D eigenvalue weighted by Crippen LogP contribution is 2.22. The molecule has 0 amide bonds. The molecular formula is C17H41NO3Si2. The van der Waals surface area contributed by atoms with Crippen molar-refractivity contribution in [2.75, 3.05) is 25.9 Å². The molecule has 0 heterocycles. The highest BCUT2D eigenvalue weighted by Gasteiger charge is 2.46. The van der Waals surface area contributed by atoms with Gasteiger partial charge in [-0.2, -0.15) is 0 Å². The maximum Gasteiger partial charge on any atom is 0.515 e. The Hall–Kier alpha value is 0.274. The lowest BCUT2D eigenvalue weighted by atomic mass is 10.1. The summed E-state index contributed by atoms with van der Waals surface area (Å²) in [4.78, 5) is 2.49. The van der Waals surface area contributed by atoms with Crippen LogP contribution < -0.4 is 0 Å². The van der Waals surface area contributed by atoms with Gasteiger partial charge >= 0.3 is 8.80 Å². The first-order chi connectivity index (χ1) is 10.6. The fourth-order valence-corrected chi connectivity index (χ4v) is 7.07. The van der Waals surface area contributed by atoms with Crippen LogP contribution in [0.4, 0.5) is 0 Å². The lowest BCUT2D eigenvalue weighted by Crippen LogP contribution is -2.61. The maximum atomic E-state index is 6.50. The van der Waals surface area contributed by atoms with Gasteiger partial charge in [-0.15, -0.1) is 0 Å². The molecule has 0 saturated heterocycles. The minimum atomic E-state index is -2.68. The predicted octanol–water partition coefficient (Wildman–Crippen LogP) is 3.87. The minimum absolute atomic E-state index is 0.0868. The molecule has 0 aliphatic carbocycles.